The summed E-state index contributed by atoms with van der Waals surface area (Å²) in [6.45, 7) is -0.550. The van der Waals surface area contributed by atoms with E-state index in [0.717, 1.165) is 31.3 Å². The third-order valence-corrected chi connectivity index (χ3v) is 3.70. The van der Waals surface area contributed by atoms with Crippen molar-refractivity contribution in [2.24, 2.45) is 0 Å². The molecule has 1 heterocycles. The number of ether oxygens (including phenoxy) is 2. The lowest BCUT2D eigenvalue weighted by atomic mass is 10.1. The highest BCUT2D eigenvalue weighted by atomic mass is 19.2. The van der Waals surface area contributed by atoms with Crippen molar-refractivity contribution in [2.45, 2.75) is 0 Å². The zero-order chi connectivity index (χ0) is 19.4. The molecule has 1 aliphatic rings. The Bertz CT molecular complexity index is 793. The molecule has 0 saturated heterocycles. The van der Waals surface area contributed by atoms with E-state index in [1.807, 2.05) is 0 Å². The monoisotopic (exact) mass is 370 g/mol. The predicted molar refractivity (Wildman–Crippen MR) is 84.0 cm³/mol. The molecule has 0 spiro atoms. The predicted octanol–water partition coefficient (Wildman–Crippen LogP) is 0.425. The van der Waals surface area contributed by atoms with Crippen LogP contribution in [0.4, 0.5) is 14.5 Å². The van der Waals surface area contributed by atoms with E-state index in [0.29, 0.717) is 0 Å². The number of rotatable bonds is 6. The van der Waals surface area contributed by atoms with Crippen molar-refractivity contribution < 1.29 is 37.7 Å². The number of methoxy groups -OCH3 is 2. The van der Waals surface area contributed by atoms with E-state index in [4.69, 9.17) is 5.11 Å². The zero-order valence-electron chi connectivity index (χ0n) is 14.0. The van der Waals surface area contributed by atoms with Gasteiger partial charge in [0.15, 0.2) is 11.6 Å². The minimum absolute atomic E-state index is 0.0529. The summed E-state index contributed by atoms with van der Waals surface area (Å²) in [5, 5.41) is 11.4. The molecule has 0 radical (unpaired) electrons. The highest BCUT2D eigenvalue weighted by Gasteiger charge is 2.35. The van der Waals surface area contributed by atoms with Gasteiger partial charge in [0, 0.05) is 6.54 Å². The van der Waals surface area contributed by atoms with Gasteiger partial charge in [-0.2, -0.15) is 0 Å². The molecule has 2 N–H and O–H groups in total. The van der Waals surface area contributed by atoms with Crippen LogP contribution in [-0.2, 0) is 19.1 Å². The number of hydrogen-bond acceptors (Lipinski definition) is 7. The zero-order valence-corrected chi connectivity index (χ0v) is 14.0. The van der Waals surface area contributed by atoms with Gasteiger partial charge < -0.3 is 24.8 Å². The topological polar surface area (TPSA) is 105 Å². The number of aliphatic hydroxyl groups is 1. The van der Waals surface area contributed by atoms with E-state index >= 15 is 0 Å². The summed E-state index contributed by atoms with van der Waals surface area (Å²) in [4.78, 5) is 36.7. The van der Waals surface area contributed by atoms with Crippen molar-refractivity contribution in [3.8, 4) is 0 Å². The third kappa shape index (κ3) is 3.49. The fourth-order valence-corrected chi connectivity index (χ4v) is 2.40. The summed E-state index contributed by atoms with van der Waals surface area (Å²) in [7, 11) is 2.13. The Morgan fingerprint density at radius 3 is 2.42 bits per heavy atom. The second kappa shape index (κ2) is 7.91. The number of carbonyl (C=O) groups excluding carboxylic acids is 3. The Morgan fingerprint density at radius 2 is 1.85 bits per heavy atom. The van der Waals surface area contributed by atoms with E-state index in [2.05, 4.69) is 14.8 Å². The van der Waals surface area contributed by atoms with Crippen LogP contribution in [0.15, 0.2) is 23.4 Å². The summed E-state index contributed by atoms with van der Waals surface area (Å²) in [5.74, 6) is -5.45. The first-order valence-corrected chi connectivity index (χ1v) is 7.40. The van der Waals surface area contributed by atoms with Gasteiger partial charge in [0.05, 0.1) is 44.2 Å². The Labute approximate surface area is 147 Å². The summed E-state index contributed by atoms with van der Waals surface area (Å²) >= 11 is 0. The lowest BCUT2D eigenvalue weighted by Crippen LogP contribution is -2.31. The normalized spacial score (nSPS) is 13.9. The molecule has 0 saturated carbocycles. The minimum atomic E-state index is -1.46. The number of hydrogen-bond donors (Lipinski definition) is 2. The molecular weight excluding hydrogens is 354 g/mol. The van der Waals surface area contributed by atoms with Gasteiger partial charge in [-0.1, -0.05) is 0 Å². The summed E-state index contributed by atoms with van der Waals surface area (Å²) in [6.07, 6.45) is 0. The number of amides is 1. The van der Waals surface area contributed by atoms with Gasteiger partial charge in [-0.05, 0) is 12.1 Å². The van der Waals surface area contributed by atoms with Gasteiger partial charge >= 0.3 is 11.9 Å². The third-order valence-electron chi connectivity index (χ3n) is 3.70. The molecule has 8 nitrogen and oxygen atoms in total. The van der Waals surface area contributed by atoms with E-state index in [1.54, 1.807) is 0 Å². The van der Waals surface area contributed by atoms with Crippen LogP contribution in [0.2, 0.25) is 0 Å². The summed E-state index contributed by atoms with van der Waals surface area (Å²) in [6, 6.07) is 2.02. The molecule has 1 amide bonds. The molecule has 0 bridgehead atoms. The summed E-state index contributed by atoms with van der Waals surface area (Å²) in [5.41, 5.74) is -1.46. The number of β-amino-alcohol motifs (C(OH)–C–C–N with tert-alkyl or cyclic N) is 1. The summed E-state index contributed by atoms with van der Waals surface area (Å²) < 4.78 is 37.2. The number of benzene rings is 1. The molecule has 0 fully saturated rings. The second-order valence-corrected chi connectivity index (χ2v) is 5.20. The first kappa shape index (κ1) is 19.3. The smallest absolute Gasteiger partial charge is 0.340 e. The first-order valence-electron chi connectivity index (χ1n) is 7.40. The van der Waals surface area contributed by atoms with Crippen molar-refractivity contribution in [3.05, 3.63) is 40.6 Å². The Kier molecular flexibility index (Phi) is 5.88. The Hall–Kier alpha value is -3.01. The second-order valence-electron chi connectivity index (χ2n) is 5.20. The van der Waals surface area contributed by atoms with Gasteiger partial charge in [-0.3, -0.25) is 4.79 Å². The quantitative estimate of drug-likeness (QED) is 0.700. The molecule has 2 rings (SSSR count). The minimum Gasteiger partial charge on any atom is -0.466 e. The molecule has 0 atom stereocenters. The molecular formula is C16H16F2N2O6. The number of halogens is 2. The average Bonchev–Trinajstić information content (AvgIpc) is 2.94. The number of carbonyl (C=O) groups is 3. The molecule has 10 heteroatoms. The maximum absolute atomic E-state index is 14.2. The largest absolute Gasteiger partial charge is 0.466 e. The number of anilines is 1. The van der Waals surface area contributed by atoms with Crippen LogP contribution in [0, 0.1) is 11.6 Å². The molecule has 1 aromatic carbocycles. The Balaban J connectivity index is 2.41. The first-order chi connectivity index (χ1) is 12.3. The van der Waals surface area contributed by atoms with Crippen LogP contribution in [0.25, 0.3) is 0 Å². The lowest BCUT2D eigenvalue weighted by Gasteiger charge is -2.15. The lowest BCUT2D eigenvalue weighted by molar-refractivity contribution is -0.136. The number of aliphatic hydroxyl groups excluding tert-OH is 1. The molecule has 1 aromatic rings. The number of nitrogens with zero attached hydrogens (tertiary/aromatic N) is 1. The van der Waals surface area contributed by atoms with Crippen LogP contribution in [0.3, 0.4) is 0 Å². The van der Waals surface area contributed by atoms with Gasteiger partial charge in [0.1, 0.15) is 5.70 Å². The van der Waals surface area contributed by atoms with Crippen molar-refractivity contribution in [1.29, 1.82) is 0 Å². The van der Waals surface area contributed by atoms with Gasteiger partial charge in [-0.25, -0.2) is 18.4 Å². The van der Waals surface area contributed by atoms with Crippen molar-refractivity contribution >= 4 is 23.5 Å². The van der Waals surface area contributed by atoms with Gasteiger partial charge in [0.25, 0.3) is 5.91 Å². The fraction of sp³-hybridized carbons (Fsp3) is 0.312. The fourth-order valence-electron chi connectivity index (χ4n) is 2.40. The highest BCUT2D eigenvalue weighted by molar-refractivity contribution is 6.08. The Morgan fingerprint density at radius 1 is 1.19 bits per heavy atom. The van der Waals surface area contributed by atoms with Gasteiger partial charge in [0.2, 0.25) is 0 Å². The number of esters is 2. The molecule has 140 valence electrons. The van der Waals surface area contributed by atoms with Crippen LogP contribution < -0.4 is 5.32 Å². The number of nitrogens with one attached hydrogen (secondary N) is 1. The molecule has 1 aliphatic heterocycles. The van der Waals surface area contributed by atoms with Crippen LogP contribution in [-0.4, -0.2) is 61.8 Å². The van der Waals surface area contributed by atoms with Crippen LogP contribution >= 0.6 is 0 Å². The maximum atomic E-state index is 14.2. The van der Waals surface area contributed by atoms with Crippen molar-refractivity contribution in [1.82, 2.24) is 4.90 Å². The van der Waals surface area contributed by atoms with E-state index in [1.165, 1.54) is 0 Å². The van der Waals surface area contributed by atoms with Crippen LogP contribution in [0.5, 0.6) is 0 Å². The van der Waals surface area contributed by atoms with E-state index < -0.39 is 40.7 Å². The van der Waals surface area contributed by atoms with E-state index in [9.17, 15) is 23.2 Å². The molecule has 0 unspecified atom stereocenters. The average molecular weight is 370 g/mol. The SMILES string of the molecule is COC(=O)C1=C(Nc2ccc(C(=O)OC)c(F)c2F)C(=O)N(CCO)C1. The molecule has 0 aliphatic carbocycles. The van der Waals surface area contributed by atoms with Crippen LogP contribution in [0.1, 0.15) is 10.4 Å². The van der Waals surface area contributed by atoms with Crippen molar-refractivity contribution in [2.75, 3.05) is 39.2 Å². The maximum Gasteiger partial charge on any atom is 0.340 e. The molecule has 0 aromatic heterocycles. The van der Waals surface area contributed by atoms with Gasteiger partial charge in [-0.15, -0.1) is 0 Å². The highest BCUT2D eigenvalue weighted by Crippen LogP contribution is 2.26. The molecule has 26 heavy (non-hydrogen) atoms. The van der Waals surface area contributed by atoms with E-state index in [-0.39, 0.29) is 31.0 Å². The van der Waals surface area contributed by atoms with Crippen molar-refractivity contribution in [3.63, 3.8) is 0 Å². The standard InChI is InChI=1S/C16H16F2N2O6/c1-25-15(23)8-3-4-10(12(18)11(8)17)19-13-9(16(24)26-2)7-20(5-6-21)14(13)22/h3-4,19,21H,5-7H2,1-2H3.